The molecule has 0 aromatic heterocycles. The third-order valence-corrected chi connectivity index (χ3v) is 4.96. The molecule has 2 N–H and O–H groups in total. The highest BCUT2D eigenvalue weighted by atomic mass is 15.2. The fraction of sp³-hybridized carbons (Fsp3) is 1.00. The van der Waals surface area contributed by atoms with Crippen LogP contribution in [0.5, 0.6) is 0 Å². The maximum atomic E-state index is 6.35. The van der Waals surface area contributed by atoms with E-state index in [4.69, 9.17) is 5.73 Å². The summed E-state index contributed by atoms with van der Waals surface area (Å²) in [6, 6.07) is 1.19. The number of piperidine rings is 1. The average molecular weight is 253 g/mol. The van der Waals surface area contributed by atoms with Gasteiger partial charge in [-0.1, -0.05) is 19.3 Å². The average Bonchev–Trinajstić information content (AvgIpc) is 2.55. The van der Waals surface area contributed by atoms with Gasteiger partial charge in [-0.05, 0) is 52.2 Å². The van der Waals surface area contributed by atoms with Crippen LogP contribution in [0.2, 0.25) is 0 Å². The Morgan fingerprint density at radius 3 is 2.67 bits per heavy atom. The molecule has 3 nitrogen and oxygen atoms in total. The van der Waals surface area contributed by atoms with Crippen LogP contribution in [0.3, 0.4) is 0 Å². The van der Waals surface area contributed by atoms with Gasteiger partial charge in [0.1, 0.15) is 0 Å². The maximum Gasteiger partial charge on any atom is 0.0220 e. The van der Waals surface area contributed by atoms with Gasteiger partial charge in [-0.2, -0.15) is 0 Å². The van der Waals surface area contributed by atoms with Crippen molar-refractivity contribution in [1.82, 2.24) is 9.80 Å². The van der Waals surface area contributed by atoms with Crippen LogP contribution in [0, 0.1) is 5.92 Å². The number of likely N-dealkylation sites (tertiary alicyclic amines) is 1. The zero-order valence-electron chi connectivity index (χ0n) is 12.3. The predicted molar refractivity (Wildman–Crippen MR) is 77.7 cm³/mol. The highest BCUT2D eigenvalue weighted by Crippen LogP contribution is 2.24. The first-order valence-electron chi connectivity index (χ1n) is 7.81. The van der Waals surface area contributed by atoms with Gasteiger partial charge >= 0.3 is 0 Å². The lowest BCUT2D eigenvalue weighted by atomic mass is 9.93. The topological polar surface area (TPSA) is 32.5 Å². The predicted octanol–water partition coefficient (Wildman–Crippen LogP) is 1.92. The van der Waals surface area contributed by atoms with E-state index >= 15 is 0 Å². The monoisotopic (exact) mass is 253 g/mol. The lowest BCUT2D eigenvalue weighted by Crippen LogP contribution is -2.48. The first-order chi connectivity index (χ1) is 8.66. The molecular formula is C15H31N3. The second-order valence-corrected chi connectivity index (χ2v) is 6.56. The van der Waals surface area contributed by atoms with E-state index in [1.165, 1.54) is 64.6 Å². The summed E-state index contributed by atoms with van der Waals surface area (Å²) < 4.78 is 0. The summed E-state index contributed by atoms with van der Waals surface area (Å²) in [7, 11) is 4.55. The smallest absolute Gasteiger partial charge is 0.0220 e. The Labute approximate surface area is 113 Å². The second kappa shape index (κ2) is 6.88. The highest BCUT2D eigenvalue weighted by molar-refractivity contribution is 4.83. The van der Waals surface area contributed by atoms with E-state index in [1.807, 2.05) is 0 Å². The fourth-order valence-electron chi connectivity index (χ4n) is 3.66. The van der Waals surface area contributed by atoms with Crippen molar-refractivity contribution in [2.24, 2.45) is 11.7 Å². The zero-order chi connectivity index (χ0) is 13.0. The van der Waals surface area contributed by atoms with E-state index in [0.717, 1.165) is 12.0 Å². The molecule has 0 bridgehead atoms. The van der Waals surface area contributed by atoms with Gasteiger partial charge in [0, 0.05) is 25.2 Å². The number of rotatable bonds is 3. The van der Waals surface area contributed by atoms with Crippen LogP contribution in [-0.2, 0) is 0 Å². The standard InChI is InChI=1S/C15H31N3/c1-17-10-6-8-14(12-17)18(2)11-13-7-4-3-5-9-15(13)16/h13-15H,3-12,16H2,1-2H3. The normalized spacial score (nSPS) is 35.7. The van der Waals surface area contributed by atoms with Crippen molar-refractivity contribution in [2.45, 2.75) is 57.0 Å². The van der Waals surface area contributed by atoms with E-state index in [0.29, 0.717) is 6.04 Å². The molecule has 1 aliphatic heterocycles. The third-order valence-electron chi connectivity index (χ3n) is 4.96. The summed E-state index contributed by atoms with van der Waals surface area (Å²) in [6.45, 7) is 3.71. The SMILES string of the molecule is CN1CCCC(N(C)CC2CCCCCC2N)C1. The van der Waals surface area contributed by atoms with E-state index in [1.54, 1.807) is 0 Å². The number of hydrogen-bond donors (Lipinski definition) is 1. The summed E-state index contributed by atoms with van der Waals surface area (Å²) in [5.41, 5.74) is 6.35. The Kier molecular flexibility index (Phi) is 5.46. The van der Waals surface area contributed by atoms with Gasteiger partial charge in [0.25, 0.3) is 0 Å². The number of nitrogens with two attached hydrogens (primary N) is 1. The van der Waals surface area contributed by atoms with E-state index in [9.17, 15) is 0 Å². The molecule has 106 valence electrons. The Balaban J connectivity index is 1.83. The molecule has 1 aliphatic carbocycles. The molecule has 3 unspecified atom stereocenters. The molecule has 1 saturated carbocycles. The minimum Gasteiger partial charge on any atom is -0.327 e. The molecule has 3 atom stereocenters. The molecular weight excluding hydrogens is 222 g/mol. The molecule has 0 amide bonds. The molecule has 2 rings (SSSR count). The van der Waals surface area contributed by atoms with Crippen LogP contribution in [0.25, 0.3) is 0 Å². The first kappa shape index (κ1) is 14.3. The largest absolute Gasteiger partial charge is 0.327 e. The molecule has 0 aromatic rings. The Bertz CT molecular complexity index is 244. The minimum absolute atomic E-state index is 0.441. The highest BCUT2D eigenvalue weighted by Gasteiger charge is 2.26. The fourth-order valence-corrected chi connectivity index (χ4v) is 3.66. The van der Waals surface area contributed by atoms with Crippen LogP contribution >= 0.6 is 0 Å². The van der Waals surface area contributed by atoms with Gasteiger partial charge < -0.3 is 15.5 Å². The van der Waals surface area contributed by atoms with Crippen molar-refractivity contribution in [3.63, 3.8) is 0 Å². The maximum absolute atomic E-state index is 6.35. The summed E-state index contributed by atoms with van der Waals surface area (Å²) in [4.78, 5) is 5.06. The van der Waals surface area contributed by atoms with Crippen molar-refractivity contribution >= 4 is 0 Å². The van der Waals surface area contributed by atoms with Crippen molar-refractivity contribution in [3.05, 3.63) is 0 Å². The van der Waals surface area contributed by atoms with E-state index in [-0.39, 0.29) is 0 Å². The molecule has 1 saturated heterocycles. The number of likely N-dealkylation sites (N-methyl/N-ethyl adjacent to an activating group) is 2. The van der Waals surface area contributed by atoms with Crippen LogP contribution < -0.4 is 5.73 Å². The van der Waals surface area contributed by atoms with Gasteiger partial charge in [-0.3, -0.25) is 0 Å². The minimum atomic E-state index is 0.441. The Morgan fingerprint density at radius 1 is 1.11 bits per heavy atom. The molecule has 0 radical (unpaired) electrons. The zero-order valence-corrected chi connectivity index (χ0v) is 12.3. The van der Waals surface area contributed by atoms with Gasteiger partial charge in [0.05, 0.1) is 0 Å². The van der Waals surface area contributed by atoms with Crippen LogP contribution in [0.4, 0.5) is 0 Å². The quantitative estimate of drug-likeness (QED) is 0.780. The van der Waals surface area contributed by atoms with Crippen molar-refractivity contribution in [2.75, 3.05) is 33.7 Å². The van der Waals surface area contributed by atoms with Crippen LogP contribution in [0.1, 0.15) is 44.9 Å². The lowest BCUT2D eigenvalue weighted by molar-refractivity contribution is 0.113. The summed E-state index contributed by atoms with van der Waals surface area (Å²) >= 11 is 0. The molecule has 2 aliphatic rings. The molecule has 18 heavy (non-hydrogen) atoms. The number of hydrogen-bond acceptors (Lipinski definition) is 3. The summed E-state index contributed by atoms with van der Waals surface area (Å²) in [5, 5.41) is 0. The summed E-state index contributed by atoms with van der Waals surface area (Å²) in [6.07, 6.45) is 9.41. The van der Waals surface area contributed by atoms with Crippen LogP contribution in [-0.4, -0.2) is 55.6 Å². The van der Waals surface area contributed by atoms with Crippen molar-refractivity contribution in [3.8, 4) is 0 Å². The molecule has 1 heterocycles. The Morgan fingerprint density at radius 2 is 1.89 bits per heavy atom. The summed E-state index contributed by atoms with van der Waals surface area (Å²) in [5.74, 6) is 0.727. The number of nitrogens with zero attached hydrogens (tertiary/aromatic N) is 2. The third kappa shape index (κ3) is 3.94. The molecule has 0 spiro atoms. The van der Waals surface area contributed by atoms with Crippen LogP contribution in [0.15, 0.2) is 0 Å². The second-order valence-electron chi connectivity index (χ2n) is 6.56. The van der Waals surface area contributed by atoms with Gasteiger partial charge in [0.2, 0.25) is 0 Å². The van der Waals surface area contributed by atoms with Crippen molar-refractivity contribution in [1.29, 1.82) is 0 Å². The molecule has 2 fully saturated rings. The van der Waals surface area contributed by atoms with Gasteiger partial charge in [0.15, 0.2) is 0 Å². The Hall–Kier alpha value is -0.120. The molecule has 0 aromatic carbocycles. The van der Waals surface area contributed by atoms with Gasteiger partial charge in [-0.15, -0.1) is 0 Å². The first-order valence-corrected chi connectivity index (χ1v) is 7.81. The lowest BCUT2D eigenvalue weighted by Gasteiger charge is -2.38. The van der Waals surface area contributed by atoms with Gasteiger partial charge in [-0.25, -0.2) is 0 Å². The van der Waals surface area contributed by atoms with Crippen molar-refractivity contribution < 1.29 is 0 Å². The van der Waals surface area contributed by atoms with E-state index < -0.39 is 0 Å². The van der Waals surface area contributed by atoms with E-state index in [2.05, 4.69) is 23.9 Å². The molecule has 3 heteroatoms.